The van der Waals surface area contributed by atoms with E-state index >= 15 is 0 Å². The molecule has 1 unspecified atom stereocenters. The van der Waals surface area contributed by atoms with Gasteiger partial charge in [0.2, 0.25) is 0 Å². The molecule has 0 bridgehead atoms. The molecule has 2 aromatic rings. The molecule has 0 aliphatic heterocycles. The second-order valence-corrected chi connectivity index (χ2v) is 6.30. The number of benzene rings is 1. The zero-order chi connectivity index (χ0) is 13.5. The van der Waals surface area contributed by atoms with Gasteiger partial charge in [-0.2, -0.15) is 0 Å². The zero-order valence-electron chi connectivity index (χ0n) is 10.9. The summed E-state index contributed by atoms with van der Waals surface area (Å²) in [5.41, 5.74) is 0. The van der Waals surface area contributed by atoms with E-state index < -0.39 is 0 Å². The number of hydrogen-bond donors (Lipinski definition) is 1. The molecule has 0 radical (unpaired) electrons. The van der Waals surface area contributed by atoms with Gasteiger partial charge in [0.05, 0.1) is 12.3 Å². The molecule has 0 aliphatic carbocycles. The van der Waals surface area contributed by atoms with Gasteiger partial charge in [-0.15, -0.1) is 11.8 Å². The average Bonchev–Trinajstić information content (AvgIpc) is 2.95. The minimum absolute atomic E-state index is 0.267. The Balaban J connectivity index is 1.94. The predicted octanol–water partition coefficient (Wildman–Crippen LogP) is 4.88. The van der Waals surface area contributed by atoms with E-state index in [9.17, 15) is 0 Å². The van der Waals surface area contributed by atoms with Crippen molar-refractivity contribution in [2.75, 3.05) is 12.3 Å². The van der Waals surface area contributed by atoms with E-state index in [1.165, 1.54) is 4.90 Å². The van der Waals surface area contributed by atoms with E-state index in [4.69, 9.17) is 4.42 Å². The summed E-state index contributed by atoms with van der Waals surface area (Å²) in [6.45, 7) is 3.18. The summed E-state index contributed by atoms with van der Waals surface area (Å²) in [5.74, 6) is 1.98. The molecule has 0 aliphatic rings. The maximum atomic E-state index is 5.52. The van der Waals surface area contributed by atoms with Crippen LogP contribution in [-0.2, 0) is 0 Å². The number of hydrogen-bond acceptors (Lipinski definition) is 3. The zero-order valence-corrected chi connectivity index (χ0v) is 13.3. The van der Waals surface area contributed by atoms with E-state index in [2.05, 4.69) is 52.4 Å². The first kappa shape index (κ1) is 14.7. The Morgan fingerprint density at radius 3 is 2.68 bits per heavy atom. The molecular formula is C15H18BrNOS. The molecule has 0 saturated carbocycles. The molecule has 0 amide bonds. The van der Waals surface area contributed by atoms with Crippen molar-refractivity contribution in [2.24, 2.45) is 0 Å². The quantitative estimate of drug-likeness (QED) is 0.728. The second kappa shape index (κ2) is 7.78. The lowest BCUT2D eigenvalue weighted by Crippen LogP contribution is -2.23. The highest BCUT2D eigenvalue weighted by molar-refractivity contribution is 9.10. The van der Waals surface area contributed by atoms with Crippen molar-refractivity contribution in [1.82, 2.24) is 5.32 Å². The summed E-state index contributed by atoms with van der Waals surface area (Å²) in [7, 11) is 0. The van der Waals surface area contributed by atoms with Crippen LogP contribution in [0, 0.1) is 0 Å². The van der Waals surface area contributed by atoms with Gasteiger partial charge in [-0.1, -0.05) is 22.9 Å². The lowest BCUT2D eigenvalue weighted by Gasteiger charge is -2.15. The molecule has 1 atom stereocenters. The Labute approximate surface area is 127 Å². The van der Waals surface area contributed by atoms with E-state index in [1.807, 2.05) is 23.9 Å². The van der Waals surface area contributed by atoms with Crippen LogP contribution in [-0.4, -0.2) is 12.3 Å². The summed E-state index contributed by atoms with van der Waals surface area (Å²) < 4.78 is 6.63. The van der Waals surface area contributed by atoms with Gasteiger partial charge in [-0.25, -0.2) is 0 Å². The SMILES string of the molecule is CCCNC(CSc1ccc(Br)cc1)c1ccco1. The smallest absolute Gasteiger partial charge is 0.121 e. The first-order valence-corrected chi connectivity index (χ1v) is 8.22. The van der Waals surface area contributed by atoms with Crippen molar-refractivity contribution in [3.8, 4) is 0 Å². The van der Waals surface area contributed by atoms with E-state index in [0.717, 1.165) is 29.0 Å². The molecular weight excluding hydrogens is 322 g/mol. The minimum Gasteiger partial charge on any atom is -0.468 e. The number of nitrogens with one attached hydrogen (secondary N) is 1. The van der Waals surface area contributed by atoms with Gasteiger partial charge in [-0.05, 0) is 49.4 Å². The van der Waals surface area contributed by atoms with Crippen molar-refractivity contribution in [1.29, 1.82) is 0 Å². The van der Waals surface area contributed by atoms with Crippen molar-refractivity contribution < 1.29 is 4.42 Å². The molecule has 1 N–H and O–H groups in total. The summed E-state index contributed by atoms with van der Waals surface area (Å²) in [6, 6.07) is 12.7. The fourth-order valence-corrected chi connectivity index (χ4v) is 2.99. The molecule has 0 saturated heterocycles. The normalized spacial score (nSPS) is 12.5. The fourth-order valence-electron chi connectivity index (χ4n) is 1.76. The first-order valence-electron chi connectivity index (χ1n) is 6.44. The molecule has 19 heavy (non-hydrogen) atoms. The number of furan rings is 1. The predicted molar refractivity (Wildman–Crippen MR) is 84.6 cm³/mol. The number of thioether (sulfide) groups is 1. The molecule has 4 heteroatoms. The molecule has 2 rings (SSSR count). The van der Waals surface area contributed by atoms with Gasteiger partial charge in [0.25, 0.3) is 0 Å². The van der Waals surface area contributed by atoms with Crippen LogP contribution in [0.1, 0.15) is 25.1 Å². The Kier molecular flexibility index (Phi) is 6.01. The van der Waals surface area contributed by atoms with Crippen LogP contribution in [0.2, 0.25) is 0 Å². The Morgan fingerprint density at radius 2 is 2.05 bits per heavy atom. The minimum atomic E-state index is 0.267. The summed E-state index contributed by atoms with van der Waals surface area (Å²) in [6.07, 6.45) is 2.86. The third-order valence-corrected chi connectivity index (χ3v) is 4.39. The van der Waals surface area contributed by atoms with Gasteiger partial charge in [0.15, 0.2) is 0 Å². The Hall–Kier alpha value is -0.710. The van der Waals surface area contributed by atoms with Gasteiger partial charge < -0.3 is 9.73 Å². The largest absolute Gasteiger partial charge is 0.468 e. The Bertz CT molecular complexity index is 469. The third kappa shape index (κ3) is 4.71. The highest BCUT2D eigenvalue weighted by Crippen LogP contribution is 2.26. The van der Waals surface area contributed by atoms with Gasteiger partial charge in [-0.3, -0.25) is 0 Å². The average molecular weight is 340 g/mol. The van der Waals surface area contributed by atoms with Crippen LogP contribution in [0.4, 0.5) is 0 Å². The van der Waals surface area contributed by atoms with E-state index in [-0.39, 0.29) is 6.04 Å². The van der Waals surface area contributed by atoms with E-state index in [0.29, 0.717) is 0 Å². The first-order chi connectivity index (χ1) is 9.29. The van der Waals surface area contributed by atoms with Crippen LogP contribution < -0.4 is 5.32 Å². The second-order valence-electron chi connectivity index (χ2n) is 4.29. The topological polar surface area (TPSA) is 25.2 Å². The van der Waals surface area contributed by atoms with Crippen LogP contribution in [0.5, 0.6) is 0 Å². The molecule has 1 aromatic heterocycles. The van der Waals surface area contributed by atoms with Crippen LogP contribution in [0.3, 0.4) is 0 Å². The third-order valence-electron chi connectivity index (χ3n) is 2.76. The standard InChI is InChI=1S/C15H18BrNOS/c1-2-9-17-14(15-4-3-10-18-15)11-19-13-7-5-12(16)6-8-13/h3-8,10,14,17H,2,9,11H2,1H3. The fraction of sp³-hybridized carbons (Fsp3) is 0.333. The highest BCUT2D eigenvalue weighted by Gasteiger charge is 2.13. The van der Waals surface area contributed by atoms with Gasteiger partial charge in [0, 0.05) is 15.1 Å². The summed E-state index contributed by atoms with van der Waals surface area (Å²) >= 11 is 5.30. The van der Waals surface area contributed by atoms with Crippen molar-refractivity contribution in [3.63, 3.8) is 0 Å². The summed E-state index contributed by atoms with van der Waals surface area (Å²) in [5, 5.41) is 3.53. The molecule has 1 aromatic carbocycles. The van der Waals surface area contributed by atoms with Crippen LogP contribution in [0.25, 0.3) is 0 Å². The van der Waals surface area contributed by atoms with Crippen molar-refractivity contribution in [2.45, 2.75) is 24.3 Å². The van der Waals surface area contributed by atoms with Gasteiger partial charge >= 0.3 is 0 Å². The molecule has 102 valence electrons. The molecule has 1 heterocycles. The van der Waals surface area contributed by atoms with E-state index in [1.54, 1.807) is 6.26 Å². The van der Waals surface area contributed by atoms with Crippen molar-refractivity contribution in [3.05, 3.63) is 52.9 Å². The molecule has 2 nitrogen and oxygen atoms in total. The monoisotopic (exact) mass is 339 g/mol. The molecule has 0 fully saturated rings. The van der Waals surface area contributed by atoms with Crippen molar-refractivity contribution >= 4 is 27.7 Å². The number of halogens is 1. The maximum absolute atomic E-state index is 5.52. The maximum Gasteiger partial charge on any atom is 0.121 e. The summed E-state index contributed by atoms with van der Waals surface area (Å²) in [4.78, 5) is 1.28. The van der Waals surface area contributed by atoms with Crippen LogP contribution >= 0.6 is 27.7 Å². The molecule has 0 spiro atoms. The lowest BCUT2D eigenvalue weighted by molar-refractivity contribution is 0.435. The lowest BCUT2D eigenvalue weighted by atomic mass is 10.2. The van der Waals surface area contributed by atoms with Gasteiger partial charge in [0.1, 0.15) is 5.76 Å². The number of rotatable bonds is 7. The highest BCUT2D eigenvalue weighted by atomic mass is 79.9. The Morgan fingerprint density at radius 1 is 1.26 bits per heavy atom. The van der Waals surface area contributed by atoms with Crippen LogP contribution in [0.15, 0.2) is 56.4 Å².